The molecule has 0 unspecified atom stereocenters. The van der Waals surface area contributed by atoms with E-state index in [1.54, 1.807) is 36.5 Å². The first-order valence-electron chi connectivity index (χ1n) is 8.53. The molecule has 0 spiro atoms. The zero-order valence-corrected chi connectivity index (χ0v) is 15.5. The molecule has 3 aromatic rings. The Bertz CT molecular complexity index is 918. The van der Waals surface area contributed by atoms with E-state index in [0.29, 0.717) is 23.0 Å². The zero-order valence-electron chi connectivity index (χ0n) is 14.8. The summed E-state index contributed by atoms with van der Waals surface area (Å²) in [6.45, 7) is 2.74. The van der Waals surface area contributed by atoms with Crippen LogP contribution in [0.3, 0.4) is 0 Å². The highest BCUT2D eigenvalue weighted by atomic mass is 35.5. The Morgan fingerprint density at radius 1 is 1.22 bits per heavy atom. The Kier molecular flexibility index (Phi) is 6.22. The molecule has 3 rings (SSSR count). The Morgan fingerprint density at radius 2 is 1.96 bits per heavy atom. The molecule has 1 heterocycles. The van der Waals surface area contributed by atoms with Crippen molar-refractivity contribution in [2.24, 2.45) is 5.10 Å². The number of amides is 1. The van der Waals surface area contributed by atoms with Crippen LogP contribution in [0.1, 0.15) is 29.4 Å². The summed E-state index contributed by atoms with van der Waals surface area (Å²) in [7, 11) is 0. The molecule has 1 aromatic heterocycles. The first-order chi connectivity index (χ1) is 13.2. The molecule has 2 aromatic carbocycles. The fourth-order valence-electron chi connectivity index (χ4n) is 2.30. The SMILES string of the molecule is CCCOc1ccc(-c2cc(C(=O)N/N=C/c3ccc(Cl)cc3)[nH]n2)cc1. The van der Waals surface area contributed by atoms with Gasteiger partial charge in [-0.1, -0.05) is 30.7 Å². The Morgan fingerprint density at radius 3 is 2.67 bits per heavy atom. The summed E-state index contributed by atoms with van der Waals surface area (Å²) in [5.41, 5.74) is 5.18. The van der Waals surface area contributed by atoms with Crippen molar-refractivity contribution in [1.82, 2.24) is 15.6 Å². The van der Waals surface area contributed by atoms with Crippen LogP contribution in [0.25, 0.3) is 11.3 Å². The topological polar surface area (TPSA) is 79.4 Å². The number of carbonyl (C=O) groups is 1. The average molecular weight is 383 g/mol. The van der Waals surface area contributed by atoms with Crippen LogP contribution in [0.2, 0.25) is 5.02 Å². The number of halogens is 1. The second-order valence-electron chi connectivity index (χ2n) is 5.79. The number of hydrazone groups is 1. The smallest absolute Gasteiger partial charge is 0.289 e. The third-order valence-corrected chi connectivity index (χ3v) is 3.95. The number of nitrogens with one attached hydrogen (secondary N) is 2. The predicted molar refractivity (Wildman–Crippen MR) is 106 cm³/mol. The van der Waals surface area contributed by atoms with E-state index in [-0.39, 0.29) is 5.91 Å². The van der Waals surface area contributed by atoms with Gasteiger partial charge in [0, 0.05) is 10.6 Å². The lowest BCUT2D eigenvalue weighted by Gasteiger charge is -2.04. The van der Waals surface area contributed by atoms with Crippen LogP contribution in [0.5, 0.6) is 5.75 Å². The van der Waals surface area contributed by atoms with Crippen molar-refractivity contribution in [3.63, 3.8) is 0 Å². The number of rotatable bonds is 7. The van der Waals surface area contributed by atoms with E-state index in [2.05, 4.69) is 27.6 Å². The van der Waals surface area contributed by atoms with E-state index in [1.807, 2.05) is 24.3 Å². The minimum atomic E-state index is -0.373. The van der Waals surface area contributed by atoms with Gasteiger partial charge in [0.2, 0.25) is 0 Å². The van der Waals surface area contributed by atoms with E-state index in [4.69, 9.17) is 16.3 Å². The number of carbonyl (C=O) groups excluding carboxylic acids is 1. The largest absolute Gasteiger partial charge is 0.494 e. The standard InChI is InChI=1S/C20H19ClN4O2/c1-2-11-27-17-9-5-15(6-10-17)18-12-19(24-23-18)20(26)25-22-13-14-3-7-16(21)8-4-14/h3-10,12-13H,2,11H2,1H3,(H,23,24)(H,25,26)/b22-13+. The van der Waals surface area contributed by atoms with Crippen LogP contribution >= 0.6 is 11.6 Å². The molecule has 0 fully saturated rings. The van der Waals surface area contributed by atoms with Gasteiger partial charge in [-0.25, -0.2) is 5.43 Å². The number of ether oxygens (including phenoxy) is 1. The molecule has 0 aliphatic rings. The fraction of sp³-hybridized carbons (Fsp3) is 0.150. The molecule has 27 heavy (non-hydrogen) atoms. The number of benzene rings is 2. The maximum absolute atomic E-state index is 12.2. The minimum absolute atomic E-state index is 0.324. The molecule has 0 saturated carbocycles. The molecule has 1 amide bonds. The van der Waals surface area contributed by atoms with Crippen molar-refractivity contribution in [2.75, 3.05) is 6.61 Å². The number of H-pyrrole nitrogens is 1. The molecule has 138 valence electrons. The summed E-state index contributed by atoms with van der Waals surface area (Å²) in [5, 5.41) is 11.5. The highest BCUT2D eigenvalue weighted by Gasteiger charge is 2.10. The molecule has 0 aliphatic carbocycles. The van der Waals surface area contributed by atoms with Gasteiger partial charge < -0.3 is 4.74 Å². The Hall–Kier alpha value is -3.12. The van der Waals surface area contributed by atoms with Gasteiger partial charge in [-0.2, -0.15) is 10.2 Å². The first-order valence-corrected chi connectivity index (χ1v) is 8.91. The summed E-state index contributed by atoms with van der Waals surface area (Å²) < 4.78 is 5.56. The molecule has 2 N–H and O–H groups in total. The normalized spacial score (nSPS) is 10.9. The second-order valence-corrected chi connectivity index (χ2v) is 6.23. The Labute approximate surface area is 162 Å². The minimum Gasteiger partial charge on any atom is -0.494 e. The lowest BCUT2D eigenvalue weighted by Crippen LogP contribution is -2.17. The summed E-state index contributed by atoms with van der Waals surface area (Å²) >= 11 is 5.83. The van der Waals surface area contributed by atoms with Crippen LogP contribution in [-0.4, -0.2) is 28.9 Å². The van der Waals surface area contributed by atoms with Crippen LogP contribution in [0.15, 0.2) is 59.7 Å². The first kappa shape index (κ1) is 18.7. The average Bonchev–Trinajstić information content (AvgIpc) is 3.18. The van der Waals surface area contributed by atoms with Gasteiger partial charge in [0.25, 0.3) is 5.91 Å². The highest BCUT2D eigenvalue weighted by Crippen LogP contribution is 2.21. The Balaban J connectivity index is 1.61. The van der Waals surface area contributed by atoms with Crippen molar-refractivity contribution < 1.29 is 9.53 Å². The molecule has 6 nitrogen and oxygen atoms in total. The van der Waals surface area contributed by atoms with Crippen molar-refractivity contribution in [3.8, 4) is 17.0 Å². The second kappa shape index (κ2) is 9.00. The van der Waals surface area contributed by atoms with Gasteiger partial charge in [0.1, 0.15) is 11.4 Å². The van der Waals surface area contributed by atoms with E-state index in [1.165, 1.54) is 0 Å². The van der Waals surface area contributed by atoms with Crippen LogP contribution < -0.4 is 10.2 Å². The summed E-state index contributed by atoms with van der Waals surface area (Å²) in [5.74, 6) is 0.438. The molecule has 7 heteroatoms. The van der Waals surface area contributed by atoms with Crippen molar-refractivity contribution in [3.05, 3.63) is 70.9 Å². The molecule has 0 aliphatic heterocycles. The van der Waals surface area contributed by atoms with Gasteiger partial charge >= 0.3 is 0 Å². The fourth-order valence-corrected chi connectivity index (χ4v) is 2.43. The van der Waals surface area contributed by atoms with E-state index in [9.17, 15) is 4.79 Å². The van der Waals surface area contributed by atoms with Crippen LogP contribution in [-0.2, 0) is 0 Å². The van der Waals surface area contributed by atoms with Crippen LogP contribution in [0, 0.1) is 0 Å². The molecule has 0 atom stereocenters. The van der Waals surface area contributed by atoms with Crippen molar-refractivity contribution in [2.45, 2.75) is 13.3 Å². The van der Waals surface area contributed by atoms with Crippen molar-refractivity contribution >= 4 is 23.7 Å². The third kappa shape index (κ3) is 5.18. The monoisotopic (exact) mass is 382 g/mol. The van der Waals surface area contributed by atoms with E-state index >= 15 is 0 Å². The lowest BCUT2D eigenvalue weighted by molar-refractivity contribution is 0.0950. The summed E-state index contributed by atoms with van der Waals surface area (Å²) in [6.07, 6.45) is 2.50. The van der Waals surface area contributed by atoms with Crippen molar-refractivity contribution in [1.29, 1.82) is 0 Å². The predicted octanol–water partition coefficient (Wildman–Crippen LogP) is 4.28. The number of aromatic amines is 1. The number of hydrogen-bond acceptors (Lipinski definition) is 4. The molecule has 0 bridgehead atoms. The highest BCUT2D eigenvalue weighted by molar-refractivity contribution is 6.30. The van der Waals surface area contributed by atoms with Gasteiger partial charge in [0.15, 0.2) is 0 Å². The molecular formula is C20H19ClN4O2. The number of aromatic nitrogens is 2. The van der Waals surface area contributed by atoms with Gasteiger partial charge in [-0.15, -0.1) is 0 Å². The van der Waals surface area contributed by atoms with Gasteiger partial charge in [-0.3, -0.25) is 9.89 Å². The number of hydrogen-bond donors (Lipinski definition) is 2. The van der Waals surface area contributed by atoms with Gasteiger partial charge in [-0.05, 0) is 54.4 Å². The van der Waals surface area contributed by atoms with E-state index in [0.717, 1.165) is 23.3 Å². The van der Waals surface area contributed by atoms with Crippen LogP contribution in [0.4, 0.5) is 0 Å². The third-order valence-electron chi connectivity index (χ3n) is 3.70. The summed E-state index contributed by atoms with van der Waals surface area (Å²) in [4.78, 5) is 12.2. The summed E-state index contributed by atoms with van der Waals surface area (Å²) in [6, 6.07) is 16.4. The molecule has 0 saturated heterocycles. The van der Waals surface area contributed by atoms with Gasteiger partial charge in [0.05, 0.1) is 18.5 Å². The lowest BCUT2D eigenvalue weighted by atomic mass is 10.1. The number of nitrogens with zero attached hydrogens (tertiary/aromatic N) is 2. The van der Waals surface area contributed by atoms with E-state index < -0.39 is 0 Å². The maximum atomic E-state index is 12.2. The molecular weight excluding hydrogens is 364 g/mol. The zero-order chi connectivity index (χ0) is 19.1. The quantitative estimate of drug-likeness (QED) is 0.472. The maximum Gasteiger partial charge on any atom is 0.289 e. The molecule has 0 radical (unpaired) electrons.